The van der Waals surface area contributed by atoms with Gasteiger partial charge < -0.3 is 20.4 Å². The van der Waals surface area contributed by atoms with Crippen LogP contribution in [0.1, 0.15) is 52.4 Å². The number of urea groups is 1. The fourth-order valence-electron chi connectivity index (χ4n) is 2.44. The average Bonchev–Trinajstić information content (AvgIpc) is 2.33. The summed E-state index contributed by atoms with van der Waals surface area (Å²) in [5, 5.41) is 20.7. The predicted molar refractivity (Wildman–Crippen MR) is 80.1 cm³/mol. The minimum Gasteiger partial charge on any atom is -0.481 e. The second-order valence-corrected chi connectivity index (χ2v) is 6.54. The van der Waals surface area contributed by atoms with E-state index in [-0.39, 0.29) is 30.5 Å². The zero-order valence-corrected chi connectivity index (χ0v) is 13.1. The van der Waals surface area contributed by atoms with Gasteiger partial charge in [0, 0.05) is 25.6 Å². The van der Waals surface area contributed by atoms with Gasteiger partial charge in [0.15, 0.2) is 0 Å². The van der Waals surface area contributed by atoms with Crippen molar-refractivity contribution in [2.24, 2.45) is 5.41 Å². The number of carbonyl (C=O) groups excluding carboxylic acids is 1. The van der Waals surface area contributed by atoms with E-state index < -0.39 is 5.97 Å². The first-order valence-corrected chi connectivity index (χ1v) is 7.73. The van der Waals surface area contributed by atoms with Crippen molar-refractivity contribution in [3.8, 4) is 0 Å². The Morgan fingerprint density at radius 2 is 1.95 bits per heavy atom. The minimum absolute atomic E-state index is 0.0198. The molecule has 3 N–H and O–H groups in total. The summed E-state index contributed by atoms with van der Waals surface area (Å²) in [6.07, 6.45) is 4.65. The summed E-state index contributed by atoms with van der Waals surface area (Å²) in [6, 6.07) is 0.139. The van der Waals surface area contributed by atoms with Gasteiger partial charge in [-0.1, -0.05) is 13.8 Å². The van der Waals surface area contributed by atoms with Gasteiger partial charge in [0.2, 0.25) is 0 Å². The van der Waals surface area contributed by atoms with Gasteiger partial charge in [-0.2, -0.15) is 0 Å². The number of hydrogen-bond acceptors (Lipinski definition) is 3. The van der Waals surface area contributed by atoms with Crippen molar-refractivity contribution in [3.05, 3.63) is 0 Å². The number of amides is 2. The Morgan fingerprint density at radius 3 is 2.43 bits per heavy atom. The molecule has 0 bridgehead atoms. The van der Waals surface area contributed by atoms with E-state index in [1.165, 1.54) is 0 Å². The number of rotatable bonds is 9. The van der Waals surface area contributed by atoms with Crippen LogP contribution in [0.4, 0.5) is 4.79 Å². The van der Waals surface area contributed by atoms with Crippen LogP contribution < -0.4 is 5.32 Å². The van der Waals surface area contributed by atoms with Crippen LogP contribution in [-0.4, -0.2) is 52.9 Å². The topological polar surface area (TPSA) is 89.9 Å². The molecule has 1 aliphatic rings. The highest BCUT2D eigenvalue weighted by molar-refractivity contribution is 5.74. The summed E-state index contributed by atoms with van der Waals surface area (Å²) in [5.74, 6) is -0.786. The number of hydrogen-bond donors (Lipinski definition) is 3. The largest absolute Gasteiger partial charge is 0.481 e. The number of carboxylic acid groups (broad SMARTS) is 1. The first-order chi connectivity index (χ1) is 9.85. The van der Waals surface area contributed by atoms with Crippen molar-refractivity contribution < 1.29 is 19.8 Å². The lowest BCUT2D eigenvalue weighted by molar-refractivity contribution is -0.137. The van der Waals surface area contributed by atoms with Crippen LogP contribution in [0.25, 0.3) is 0 Å². The molecule has 6 nitrogen and oxygen atoms in total. The third-order valence-electron chi connectivity index (χ3n) is 4.21. The van der Waals surface area contributed by atoms with Crippen LogP contribution in [0.2, 0.25) is 0 Å². The summed E-state index contributed by atoms with van der Waals surface area (Å²) in [7, 11) is 0. The molecule has 0 aliphatic heterocycles. The molecular weight excluding hydrogens is 272 g/mol. The van der Waals surface area contributed by atoms with E-state index in [4.69, 9.17) is 10.2 Å². The molecule has 0 heterocycles. The van der Waals surface area contributed by atoms with Crippen LogP contribution in [-0.2, 0) is 4.79 Å². The molecule has 6 heteroatoms. The molecule has 0 aromatic rings. The van der Waals surface area contributed by atoms with Gasteiger partial charge in [-0.15, -0.1) is 0 Å². The number of carbonyl (C=O) groups is 2. The normalized spacial score (nSPS) is 15.4. The number of nitrogens with zero attached hydrogens (tertiary/aromatic N) is 1. The Labute approximate surface area is 126 Å². The summed E-state index contributed by atoms with van der Waals surface area (Å²) < 4.78 is 0. The molecule has 0 spiro atoms. The molecule has 0 aromatic carbocycles. The Kier molecular flexibility index (Phi) is 6.95. The maximum Gasteiger partial charge on any atom is 0.317 e. The molecule has 0 unspecified atom stereocenters. The van der Waals surface area contributed by atoms with E-state index in [0.29, 0.717) is 19.5 Å². The van der Waals surface area contributed by atoms with Crippen molar-refractivity contribution >= 4 is 12.0 Å². The van der Waals surface area contributed by atoms with Crippen molar-refractivity contribution in [3.63, 3.8) is 0 Å². The quantitative estimate of drug-likeness (QED) is 0.606. The maximum absolute atomic E-state index is 12.1. The Bertz CT molecular complexity index is 354. The Balaban J connectivity index is 2.31. The van der Waals surface area contributed by atoms with Crippen molar-refractivity contribution in [1.29, 1.82) is 0 Å². The van der Waals surface area contributed by atoms with Crippen LogP contribution in [0.5, 0.6) is 0 Å². The molecule has 0 saturated heterocycles. The summed E-state index contributed by atoms with van der Waals surface area (Å²) in [6.45, 7) is 4.91. The molecule has 1 aliphatic carbocycles. The molecular formula is C15H28N2O4. The SMILES string of the molecule is CC(C)(CCNC(=O)N(CCO)C1CCC1)CCC(=O)O. The predicted octanol–water partition coefficient (Wildman–Crippen LogP) is 1.82. The van der Waals surface area contributed by atoms with Gasteiger partial charge in [-0.3, -0.25) is 4.79 Å². The maximum atomic E-state index is 12.1. The fourth-order valence-corrected chi connectivity index (χ4v) is 2.44. The number of nitrogens with one attached hydrogen (secondary N) is 1. The lowest BCUT2D eigenvalue weighted by Gasteiger charge is -2.37. The van der Waals surface area contributed by atoms with Crippen LogP contribution in [0, 0.1) is 5.41 Å². The molecule has 0 radical (unpaired) electrons. The number of aliphatic carboxylic acids is 1. The van der Waals surface area contributed by atoms with Gasteiger partial charge in [0.25, 0.3) is 0 Å². The number of aliphatic hydroxyl groups is 1. The summed E-state index contributed by atoms with van der Waals surface area (Å²) in [5.41, 5.74) is -0.107. The number of aliphatic hydroxyl groups excluding tert-OH is 1. The standard InChI is InChI=1S/C15H28N2O4/c1-15(2,7-6-13(19)20)8-9-16-14(21)17(10-11-18)12-4-3-5-12/h12,18H,3-11H2,1-2H3,(H,16,21)(H,19,20). The highest BCUT2D eigenvalue weighted by Gasteiger charge is 2.28. The zero-order valence-electron chi connectivity index (χ0n) is 13.1. The molecule has 0 atom stereocenters. The Hall–Kier alpha value is -1.30. The molecule has 0 aromatic heterocycles. The second-order valence-electron chi connectivity index (χ2n) is 6.54. The van der Waals surface area contributed by atoms with Gasteiger partial charge in [-0.05, 0) is 37.5 Å². The molecule has 1 rings (SSSR count). The molecule has 122 valence electrons. The Morgan fingerprint density at radius 1 is 1.29 bits per heavy atom. The molecule has 1 fully saturated rings. The highest BCUT2D eigenvalue weighted by Crippen LogP contribution is 2.27. The van der Waals surface area contributed by atoms with Gasteiger partial charge in [0.05, 0.1) is 6.61 Å². The monoisotopic (exact) mass is 300 g/mol. The van der Waals surface area contributed by atoms with E-state index in [2.05, 4.69) is 5.32 Å². The first kappa shape index (κ1) is 17.8. The van der Waals surface area contributed by atoms with Crippen molar-refractivity contribution in [2.45, 2.75) is 58.4 Å². The minimum atomic E-state index is -0.786. The molecule has 1 saturated carbocycles. The van der Waals surface area contributed by atoms with Gasteiger partial charge in [-0.25, -0.2) is 4.79 Å². The third-order valence-corrected chi connectivity index (χ3v) is 4.21. The fraction of sp³-hybridized carbons (Fsp3) is 0.867. The number of carboxylic acids is 1. The highest BCUT2D eigenvalue weighted by atomic mass is 16.4. The lowest BCUT2D eigenvalue weighted by atomic mass is 9.84. The molecule has 2 amide bonds. The van der Waals surface area contributed by atoms with Gasteiger partial charge >= 0.3 is 12.0 Å². The van der Waals surface area contributed by atoms with Crippen LogP contribution >= 0.6 is 0 Å². The smallest absolute Gasteiger partial charge is 0.317 e. The van der Waals surface area contributed by atoms with Crippen molar-refractivity contribution in [1.82, 2.24) is 10.2 Å². The average molecular weight is 300 g/mol. The summed E-state index contributed by atoms with van der Waals surface area (Å²) in [4.78, 5) is 24.4. The van der Waals surface area contributed by atoms with E-state index in [1.54, 1.807) is 4.90 Å². The van der Waals surface area contributed by atoms with Gasteiger partial charge in [0.1, 0.15) is 0 Å². The van der Waals surface area contributed by atoms with E-state index in [9.17, 15) is 9.59 Å². The lowest BCUT2D eigenvalue weighted by Crippen LogP contribution is -2.50. The third kappa shape index (κ3) is 6.33. The van der Waals surface area contributed by atoms with E-state index in [1.807, 2.05) is 13.8 Å². The van der Waals surface area contributed by atoms with E-state index >= 15 is 0 Å². The molecule has 21 heavy (non-hydrogen) atoms. The van der Waals surface area contributed by atoms with Crippen LogP contribution in [0.15, 0.2) is 0 Å². The van der Waals surface area contributed by atoms with Crippen molar-refractivity contribution in [2.75, 3.05) is 19.7 Å². The summed E-state index contributed by atoms with van der Waals surface area (Å²) >= 11 is 0. The first-order valence-electron chi connectivity index (χ1n) is 7.73. The van der Waals surface area contributed by atoms with Crippen LogP contribution in [0.3, 0.4) is 0 Å². The van der Waals surface area contributed by atoms with E-state index in [0.717, 1.165) is 25.7 Å². The zero-order chi connectivity index (χ0) is 15.9. The second kappa shape index (κ2) is 8.22.